The number of carbonyl (C=O) groups excluding carboxylic acids is 2. The summed E-state index contributed by atoms with van der Waals surface area (Å²) in [4.78, 5) is 27.3. The maximum atomic E-state index is 14.8. The monoisotopic (exact) mass is 401 g/mol. The highest BCUT2D eigenvalue weighted by molar-refractivity contribution is 6.51. The van der Waals surface area contributed by atoms with E-state index >= 15 is 0 Å². The number of amides is 1. The molecule has 1 saturated heterocycles. The Bertz CT molecular complexity index is 1180. The summed E-state index contributed by atoms with van der Waals surface area (Å²) in [7, 11) is 0. The molecule has 0 bridgehead atoms. The van der Waals surface area contributed by atoms with Crippen LogP contribution in [0.1, 0.15) is 28.3 Å². The number of nitrogens with zero attached hydrogens (tertiary/aromatic N) is 1. The molecule has 0 spiro atoms. The summed E-state index contributed by atoms with van der Waals surface area (Å²) in [6.45, 7) is 3.77. The predicted octanol–water partition coefficient (Wildman–Crippen LogP) is 5.07. The van der Waals surface area contributed by atoms with Crippen LogP contribution in [-0.4, -0.2) is 16.8 Å². The molecule has 4 nitrogen and oxygen atoms in total. The van der Waals surface area contributed by atoms with Gasteiger partial charge in [-0.05, 0) is 37.6 Å². The number of benzene rings is 3. The second kappa shape index (κ2) is 7.59. The summed E-state index contributed by atoms with van der Waals surface area (Å²) >= 11 is 0. The van der Waals surface area contributed by atoms with Crippen LogP contribution in [-0.2, 0) is 9.59 Å². The number of Topliss-reactive ketones (excluding diaryl/α,β-unsaturated/α-hetero) is 1. The first kappa shape index (κ1) is 19.6. The van der Waals surface area contributed by atoms with Crippen LogP contribution in [0.2, 0.25) is 0 Å². The van der Waals surface area contributed by atoms with Crippen molar-refractivity contribution in [2.75, 3.05) is 4.90 Å². The highest BCUT2D eigenvalue weighted by atomic mass is 19.1. The summed E-state index contributed by atoms with van der Waals surface area (Å²) < 4.78 is 14.8. The van der Waals surface area contributed by atoms with E-state index < -0.39 is 23.5 Å². The number of hydrogen-bond acceptors (Lipinski definition) is 3. The lowest BCUT2D eigenvalue weighted by Crippen LogP contribution is -2.29. The maximum absolute atomic E-state index is 14.8. The van der Waals surface area contributed by atoms with E-state index in [9.17, 15) is 19.1 Å². The van der Waals surface area contributed by atoms with Gasteiger partial charge in [0, 0.05) is 16.8 Å². The van der Waals surface area contributed by atoms with Gasteiger partial charge in [0.2, 0.25) is 0 Å². The van der Waals surface area contributed by atoms with E-state index in [-0.39, 0.29) is 16.9 Å². The molecular weight excluding hydrogens is 381 g/mol. The number of aliphatic hydroxyl groups excluding tert-OH is 1. The van der Waals surface area contributed by atoms with Gasteiger partial charge in [-0.3, -0.25) is 14.5 Å². The highest BCUT2D eigenvalue weighted by Gasteiger charge is 2.47. The van der Waals surface area contributed by atoms with E-state index in [0.29, 0.717) is 11.3 Å². The molecule has 150 valence electrons. The van der Waals surface area contributed by atoms with Crippen LogP contribution in [0.3, 0.4) is 0 Å². The van der Waals surface area contributed by atoms with Gasteiger partial charge in [0.05, 0.1) is 11.6 Å². The Labute approximate surface area is 173 Å². The fourth-order valence-corrected chi connectivity index (χ4v) is 3.73. The van der Waals surface area contributed by atoms with Crippen molar-refractivity contribution >= 4 is 23.1 Å². The van der Waals surface area contributed by atoms with E-state index in [2.05, 4.69) is 0 Å². The van der Waals surface area contributed by atoms with Gasteiger partial charge in [0.1, 0.15) is 11.6 Å². The van der Waals surface area contributed by atoms with Crippen LogP contribution in [0.5, 0.6) is 0 Å². The van der Waals surface area contributed by atoms with Gasteiger partial charge in [0.15, 0.2) is 0 Å². The highest BCUT2D eigenvalue weighted by Crippen LogP contribution is 2.42. The van der Waals surface area contributed by atoms with Gasteiger partial charge in [0.25, 0.3) is 11.7 Å². The molecule has 1 N–H and O–H groups in total. The Morgan fingerprint density at radius 2 is 1.60 bits per heavy atom. The third-order valence-electron chi connectivity index (χ3n) is 5.25. The molecule has 1 fully saturated rings. The Balaban J connectivity index is 1.98. The van der Waals surface area contributed by atoms with Gasteiger partial charge < -0.3 is 5.11 Å². The molecule has 1 amide bonds. The lowest BCUT2D eigenvalue weighted by Gasteiger charge is -2.26. The molecule has 1 aliphatic heterocycles. The van der Waals surface area contributed by atoms with Gasteiger partial charge >= 0.3 is 0 Å². The van der Waals surface area contributed by atoms with Crippen LogP contribution in [0.4, 0.5) is 10.1 Å². The minimum atomic E-state index is -1.07. The van der Waals surface area contributed by atoms with Crippen molar-refractivity contribution < 1.29 is 19.1 Å². The Kier molecular flexibility index (Phi) is 4.96. The van der Waals surface area contributed by atoms with E-state index in [4.69, 9.17) is 0 Å². The summed E-state index contributed by atoms with van der Waals surface area (Å²) in [5.41, 5.74) is 2.75. The number of hydrogen-bond donors (Lipinski definition) is 1. The van der Waals surface area contributed by atoms with Crippen molar-refractivity contribution in [1.29, 1.82) is 0 Å². The smallest absolute Gasteiger partial charge is 0.300 e. The molecule has 3 aromatic carbocycles. The average molecular weight is 401 g/mol. The molecule has 1 heterocycles. The van der Waals surface area contributed by atoms with Gasteiger partial charge in [-0.2, -0.15) is 0 Å². The van der Waals surface area contributed by atoms with Crippen molar-refractivity contribution in [3.05, 3.63) is 106 Å². The van der Waals surface area contributed by atoms with Crippen LogP contribution in [0.25, 0.3) is 5.76 Å². The lowest BCUT2D eigenvalue weighted by atomic mass is 9.94. The van der Waals surface area contributed by atoms with E-state index in [1.807, 2.05) is 19.9 Å². The number of halogens is 1. The molecular formula is C25H20FNO3. The number of ketones is 1. The molecule has 0 aliphatic carbocycles. The number of aryl methyl sites for hydroxylation is 2. The summed E-state index contributed by atoms with van der Waals surface area (Å²) in [5.74, 6) is -2.53. The average Bonchev–Trinajstić information content (AvgIpc) is 2.99. The van der Waals surface area contributed by atoms with Crippen molar-refractivity contribution in [3.8, 4) is 0 Å². The van der Waals surface area contributed by atoms with Gasteiger partial charge in [-0.25, -0.2) is 4.39 Å². The van der Waals surface area contributed by atoms with Gasteiger partial charge in [-0.15, -0.1) is 0 Å². The predicted molar refractivity (Wildman–Crippen MR) is 114 cm³/mol. The fourth-order valence-electron chi connectivity index (χ4n) is 3.73. The molecule has 3 aromatic rings. The third kappa shape index (κ3) is 3.28. The van der Waals surface area contributed by atoms with Crippen molar-refractivity contribution in [3.63, 3.8) is 0 Å². The zero-order chi connectivity index (χ0) is 21.4. The largest absolute Gasteiger partial charge is 0.507 e. The summed E-state index contributed by atoms with van der Waals surface area (Å²) in [6, 6.07) is 18.9. The van der Waals surface area contributed by atoms with Crippen LogP contribution < -0.4 is 4.90 Å². The minimum Gasteiger partial charge on any atom is -0.507 e. The maximum Gasteiger partial charge on any atom is 0.300 e. The zero-order valence-corrected chi connectivity index (χ0v) is 16.6. The van der Waals surface area contributed by atoms with E-state index in [1.54, 1.807) is 48.5 Å². The Morgan fingerprint density at radius 1 is 0.900 bits per heavy atom. The molecule has 0 aromatic heterocycles. The van der Waals surface area contributed by atoms with E-state index in [1.165, 1.54) is 23.1 Å². The molecule has 0 saturated carbocycles. The standard InChI is InChI=1S/C25H20FNO3/c1-15-10-12-17(13-11-15)23(28)21-22(19-8-3-4-9-20(19)26)27(25(30)24(21)29)18-7-5-6-16(2)14-18/h3-14,22,28H,1-2H3/b23-21+. The number of carbonyl (C=O) groups is 2. The minimum absolute atomic E-state index is 0.129. The Morgan fingerprint density at radius 3 is 2.27 bits per heavy atom. The molecule has 4 rings (SSSR count). The molecule has 30 heavy (non-hydrogen) atoms. The van der Waals surface area contributed by atoms with Crippen molar-refractivity contribution in [2.45, 2.75) is 19.9 Å². The number of aliphatic hydroxyl groups is 1. The topological polar surface area (TPSA) is 57.6 Å². The van der Waals surface area contributed by atoms with Crippen LogP contribution in [0.15, 0.2) is 78.4 Å². The van der Waals surface area contributed by atoms with E-state index in [0.717, 1.165) is 11.1 Å². The second-order valence-corrected chi connectivity index (χ2v) is 7.40. The summed E-state index contributed by atoms with van der Waals surface area (Å²) in [5, 5.41) is 11.0. The zero-order valence-electron chi connectivity index (χ0n) is 16.6. The third-order valence-corrected chi connectivity index (χ3v) is 5.25. The number of anilines is 1. The van der Waals surface area contributed by atoms with Crippen molar-refractivity contribution in [2.24, 2.45) is 0 Å². The van der Waals surface area contributed by atoms with Crippen LogP contribution >= 0.6 is 0 Å². The molecule has 5 heteroatoms. The quantitative estimate of drug-likeness (QED) is 0.379. The first-order valence-corrected chi connectivity index (χ1v) is 9.57. The Hall–Kier alpha value is -3.73. The molecule has 1 atom stereocenters. The molecule has 1 aliphatic rings. The molecule has 0 radical (unpaired) electrons. The first-order chi connectivity index (χ1) is 14.4. The second-order valence-electron chi connectivity index (χ2n) is 7.40. The summed E-state index contributed by atoms with van der Waals surface area (Å²) in [6.07, 6.45) is 0. The van der Waals surface area contributed by atoms with Gasteiger partial charge in [-0.1, -0.05) is 60.2 Å². The lowest BCUT2D eigenvalue weighted by molar-refractivity contribution is -0.132. The SMILES string of the molecule is Cc1ccc(/C(O)=C2\C(=O)C(=O)N(c3cccc(C)c3)C2c2ccccc2F)cc1. The number of rotatable bonds is 3. The first-order valence-electron chi connectivity index (χ1n) is 9.57. The molecule has 1 unspecified atom stereocenters. The van der Waals surface area contributed by atoms with Crippen molar-refractivity contribution in [1.82, 2.24) is 0 Å². The van der Waals surface area contributed by atoms with Crippen LogP contribution in [0, 0.1) is 19.7 Å². The fraction of sp³-hybridized carbons (Fsp3) is 0.120. The normalized spacial score (nSPS) is 18.1.